The predicted molar refractivity (Wildman–Crippen MR) is 84.2 cm³/mol. The first kappa shape index (κ1) is 15.0. The van der Waals surface area contributed by atoms with E-state index < -0.39 is 11.5 Å². The minimum Gasteiger partial charge on any atom is -0.504 e. The van der Waals surface area contributed by atoms with Crippen molar-refractivity contribution < 1.29 is 19.7 Å². The molecule has 0 unspecified atom stereocenters. The van der Waals surface area contributed by atoms with Crippen molar-refractivity contribution in [3.05, 3.63) is 56.2 Å². The van der Waals surface area contributed by atoms with Crippen LogP contribution < -0.4 is 4.74 Å². The summed E-state index contributed by atoms with van der Waals surface area (Å²) >= 11 is 17.9. The van der Waals surface area contributed by atoms with Crippen LogP contribution in [-0.4, -0.2) is 16.0 Å². The standard InChI is InChI=1S/C15H7Cl3O4/c16-7-3-6(12(18)9(17)5-7)4-11-13(20)8-1-2-10(19)14(21)15(8)22-11/h1-5,19,21H. The van der Waals surface area contributed by atoms with E-state index in [2.05, 4.69) is 0 Å². The Morgan fingerprint density at radius 3 is 2.55 bits per heavy atom. The van der Waals surface area contributed by atoms with Crippen LogP contribution in [0.2, 0.25) is 15.1 Å². The van der Waals surface area contributed by atoms with Gasteiger partial charge >= 0.3 is 0 Å². The average molecular weight is 358 g/mol. The molecule has 0 bridgehead atoms. The molecule has 2 aromatic rings. The van der Waals surface area contributed by atoms with Gasteiger partial charge in [0.15, 0.2) is 17.3 Å². The molecule has 7 heteroatoms. The van der Waals surface area contributed by atoms with Gasteiger partial charge in [-0.15, -0.1) is 0 Å². The van der Waals surface area contributed by atoms with Gasteiger partial charge in [-0.1, -0.05) is 34.8 Å². The summed E-state index contributed by atoms with van der Waals surface area (Å²) in [4.78, 5) is 12.3. The molecule has 0 saturated heterocycles. The Balaban J connectivity index is 2.09. The van der Waals surface area contributed by atoms with Crippen LogP contribution >= 0.6 is 34.8 Å². The topological polar surface area (TPSA) is 66.8 Å². The van der Waals surface area contributed by atoms with Crippen molar-refractivity contribution in [1.29, 1.82) is 0 Å². The molecule has 3 rings (SSSR count). The van der Waals surface area contributed by atoms with Gasteiger partial charge in [0.05, 0.1) is 15.6 Å². The van der Waals surface area contributed by atoms with E-state index >= 15 is 0 Å². The number of phenolic OH excluding ortho intramolecular Hbond substituents is 2. The molecule has 112 valence electrons. The Morgan fingerprint density at radius 2 is 1.82 bits per heavy atom. The number of halogens is 3. The average Bonchev–Trinajstić information content (AvgIpc) is 2.77. The molecule has 1 aliphatic rings. The summed E-state index contributed by atoms with van der Waals surface area (Å²) in [7, 11) is 0. The van der Waals surface area contributed by atoms with Crippen LogP contribution in [0.15, 0.2) is 30.0 Å². The largest absolute Gasteiger partial charge is 0.504 e. The second-order valence-electron chi connectivity index (χ2n) is 4.54. The maximum Gasteiger partial charge on any atom is 0.232 e. The number of benzene rings is 2. The lowest BCUT2D eigenvalue weighted by Crippen LogP contribution is -1.98. The molecule has 0 spiro atoms. The minimum atomic E-state index is -0.496. The van der Waals surface area contributed by atoms with Crippen molar-refractivity contribution in [3.8, 4) is 17.2 Å². The summed E-state index contributed by atoms with van der Waals surface area (Å²) in [5.41, 5.74) is 0.546. The summed E-state index contributed by atoms with van der Waals surface area (Å²) in [6, 6.07) is 5.57. The number of rotatable bonds is 1. The summed E-state index contributed by atoms with van der Waals surface area (Å²) in [6.07, 6.45) is 1.37. The van der Waals surface area contributed by atoms with Crippen molar-refractivity contribution in [3.63, 3.8) is 0 Å². The normalized spacial score (nSPS) is 15.0. The Kier molecular flexibility index (Phi) is 3.68. The SMILES string of the molecule is O=C1C(=Cc2cc(Cl)cc(Cl)c2Cl)Oc2c1ccc(O)c2O. The number of phenols is 2. The van der Waals surface area contributed by atoms with Gasteiger partial charge in [0.25, 0.3) is 0 Å². The molecule has 4 nitrogen and oxygen atoms in total. The number of carbonyl (C=O) groups is 1. The van der Waals surface area contributed by atoms with Crippen molar-refractivity contribution in [2.75, 3.05) is 0 Å². The third-order valence-electron chi connectivity index (χ3n) is 3.10. The first-order chi connectivity index (χ1) is 10.4. The first-order valence-electron chi connectivity index (χ1n) is 6.02. The molecule has 0 aromatic heterocycles. The van der Waals surface area contributed by atoms with Crippen LogP contribution in [0.5, 0.6) is 17.2 Å². The number of fused-ring (bicyclic) bond motifs is 1. The lowest BCUT2D eigenvalue weighted by atomic mass is 10.1. The van der Waals surface area contributed by atoms with Gasteiger partial charge in [-0.05, 0) is 35.9 Å². The summed E-state index contributed by atoms with van der Waals surface area (Å²) in [6.45, 7) is 0. The van der Waals surface area contributed by atoms with Gasteiger partial charge < -0.3 is 14.9 Å². The molecular weight excluding hydrogens is 351 g/mol. The van der Waals surface area contributed by atoms with E-state index in [4.69, 9.17) is 39.5 Å². The molecule has 2 N–H and O–H groups in total. The van der Waals surface area contributed by atoms with Crippen LogP contribution in [0, 0.1) is 0 Å². The lowest BCUT2D eigenvalue weighted by Gasteiger charge is -2.04. The lowest BCUT2D eigenvalue weighted by molar-refractivity contribution is 0.101. The maximum absolute atomic E-state index is 12.3. The van der Waals surface area contributed by atoms with Crippen LogP contribution in [0.25, 0.3) is 6.08 Å². The highest BCUT2D eigenvalue weighted by atomic mass is 35.5. The molecule has 2 aromatic carbocycles. The second-order valence-corrected chi connectivity index (χ2v) is 5.76. The fraction of sp³-hybridized carbons (Fsp3) is 0. The predicted octanol–water partition coefficient (Wildman–Crippen LogP) is 4.67. The van der Waals surface area contributed by atoms with E-state index in [9.17, 15) is 15.0 Å². The molecule has 0 atom stereocenters. The maximum atomic E-state index is 12.3. The van der Waals surface area contributed by atoms with Crippen LogP contribution in [-0.2, 0) is 0 Å². The quantitative estimate of drug-likeness (QED) is 0.442. The Bertz CT molecular complexity index is 843. The molecular formula is C15H7Cl3O4. The van der Waals surface area contributed by atoms with Gasteiger partial charge in [-0.3, -0.25) is 4.79 Å². The van der Waals surface area contributed by atoms with E-state index in [1.807, 2.05) is 0 Å². The van der Waals surface area contributed by atoms with Crippen molar-refractivity contribution in [2.24, 2.45) is 0 Å². The number of ketones is 1. The van der Waals surface area contributed by atoms with Gasteiger partial charge in [-0.25, -0.2) is 0 Å². The number of hydrogen-bond donors (Lipinski definition) is 2. The van der Waals surface area contributed by atoms with Crippen LogP contribution in [0.4, 0.5) is 0 Å². The Morgan fingerprint density at radius 1 is 1.09 bits per heavy atom. The third-order valence-corrected chi connectivity index (χ3v) is 4.13. The van der Waals surface area contributed by atoms with E-state index in [1.54, 1.807) is 0 Å². The van der Waals surface area contributed by atoms with E-state index in [1.165, 1.54) is 30.3 Å². The van der Waals surface area contributed by atoms with Crippen LogP contribution in [0.3, 0.4) is 0 Å². The van der Waals surface area contributed by atoms with E-state index in [0.29, 0.717) is 10.6 Å². The number of ether oxygens (including phenoxy) is 1. The minimum absolute atomic E-state index is 0.0591. The number of hydrogen-bond acceptors (Lipinski definition) is 4. The molecule has 0 fully saturated rings. The summed E-state index contributed by atoms with van der Waals surface area (Å²) in [5, 5.41) is 20.0. The zero-order valence-electron chi connectivity index (χ0n) is 10.7. The summed E-state index contributed by atoms with van der Waals surface area (Å²) < 4.78 is 5.33. The molecule has 22 heavy (non-hydrogen) atoms. The van der Waals surface area contributed by atoms with Gasteiger partial charge in [0, 0.05) is 5.02 Å². The number of Topliss-reactive ketones (excluding diaryl/α,β-unsaturated/α-hetero) is 1. The number of allylic oxidation sites excluding steroid dienone is 1. The van der Waals surface area contributed by atoms with E-state index in [-0.39, 0.29) is 32.9 Å². The van der Waals surface area contributed by atoms with Gasteiger partial charge in [0.2, 0.25) is 11.5 Å². The third kappa shape index (κ3) is 2.39. The molecule has 0 saturated carbocycles. The zero-order valence-corrected chi connectivity index (χ0v) is 13.0. The number of carbonyl (C=O) groups excluding carboxylic acids is 1. The smallest absolute Gasteiger partial charge is 0.232 e. The van der Waals surface area contributed by atoms with Crippen molar-refractivity contribution >= 4 is 46.7 Å². The molecule has 1 aliphatic heterocycles. The molecule has 0 amide bonds. The molecule has 0 radical (unpaired) electrons. The van der Waals surface area contributed by atoms with E-state index in [0.717, 1.165) is 0 Å². The molecule has 0 aliphatic carbocycles. The van der Waals surface area contributed by atoms with Crippen LogP contribution in [0.1, 0.15) is 15.9 Å². The first-order valence-corrected chi connectivity index (χ1v) is 7.15. The second kappa shape index (κ2) is 5.39. The zero-order chi connectivity index (χ0) is 16.0. The number of aromatic hydroxyl groups is 2. The van der Waals surface area contributed by atoms with Crippen molar-refractivity contribution in [1.82, 2.24) is 0 Å². The highest BCUT2D eigenvalue weighted by molar-refractivity contribution is 6.44. The Hall–Kier alpha value is -1.88. The van der Waals surface area contributed by atoms with Crippen molar-refractivity contribution in [2.45, 2.75) is 0 Å². The monoisotopic (exact) mass is 356 g/mol. The molecule has 1 heterocycles. The Labute approximate surface area is 140 Å². The fourth-order valence-electron chi connectivity index (χ4n) is 2.05. The summed E-state index contributed by atoms with van der Waals surface area (Å²) in [5.74, 6) is -1.48. The van der Waals surface area contributed by atoms with Gasteiger partial charge in [0.1, 0.15) is 0 Å². The highest BCUT2D eigenvalue weighted by Crippen LogP contribution is 2.44. The fourth-order valence-corrected chi connectivity index (χ4v) is 2.72. The van der Waals surface area contributed by atoms with Gasteiger partial charge in [-0.2, -0.15) is 0 Å². The highest BCUT2D eigenvalue weighted by Gasteiger charge is 2.31.